The van der Waals surface area contributed by atoms with Gasteiger partial charge in [0.05, 0.1) is 0 Å². The van der Waals surface area contributed by atoms with Crippen molar-refractivity contribution in [1.29, 1.82) is 0 Å². The number of fused-ring (bicyclic) bond motifs is 1. The lowest BCUT2D eigenvalue weighted by molar-refractivity contribution is 0.102. The van der Waals surface area contributed by atoms with Gasteiger partial charge < -0.3 is 10.5 Å². The lowest BCUT2D eigenvalue weighted by Crippen LogP contribution is -2.34. The van der Waals surface area contributed by atoms with E-state index in [4.69, 9.17) is 10.5 Å². The molecule has 3 heteroatoms. The summed E-state index contributed by atoms with van der Waals surface area (Å²) < 4.78 is 19.1. The Morgan fingerprint density at radius 3 is 3.00 bits per heavy atom. The monoisotopic (exact) mass is 237 g/mol. The minimum atomic E-state index is -0.247. The Bertz CT molecular complexity index is 394. The third kappa shape index (κ3) is 2.60. The van der Waals surface area contributed by atoms with Crippen LogP contribution in [0.1, 0.15) is 44.7 Å². The number of hydrogen-bond donors (Lipinski definition) is 1. The van der Waals surface area contributed by atoms with E-state index in [0.717, 1.165) is 30.6 Å². The van der Waals surface area contributed by atoms with Crippen molar-refractivity contribution in [2.75, 3.05) is 0 Å². The first-order chi connectivity index (χ1) is 8.11. The van der Waals surface area contributed by atoms with Gasteiger partial charge in [0.2, 0.25) is 0 Å². The molecule has 2 unspecified atom stereocenters. The summed E-state index contributed by atoms with van der Waals surface area (Å²) in [6.45, 7) is 4.36. The van der Waals surface area contributed by atoms with Crippen LogP contribution in [0.25, 0.3) is 0 Å². The molecule has 0 radical (unpaired) electrons. The van der Waals surface area contributed by atoms with Gasteiger partial charge in [-0.25, -0.2) is 4.39 Å². The molecule has 1 aliphatic rings. The maximum Gasteiger partial charge on any atom is 0.124 e. The SMILES string of the molecule is CCCC(C)C1C[C@H](N)c2cc(F)ccc2O1. The van der Waals surface area contributed by atoms with E-state index in [0.29, 0.717) is 5.92 Å². The summed E-state index contributed by atoms with van der Waals surface area (Å²) in [5.74, 6) is 0.991. The van der Waals surface area contributed by atoms with Gasteiger partial charge >= 0.3 is 0 Å². The van der Waals surface area contributed by atoms with Crippen molar-refractivity contribution in [2.45, 2.75) is 45.3 Å². The van der Waals surface area contributed by atoms with Crippen LogP contribution in [0.2, 0.25) is 0 Å². The minimum Gasteiger partial charge on any atom is -0.490 e. The standard InChI is InChI=1S/C14H20FNO/c1-3-4-9(2)14-8-12(16)11-7-10(15)5-6-13(11)17-14/h5-7,9,12,14H,3-4,8,16H2,1-2H3/t9?,12-,14?/m0/s1. The fourth-order valence-electron chi connectivity index (χ4n) is 2.49. The molecule has 0 amide bonds. The van der Waals surface area contributed by atoms with Crippen LogP contribution in [-0.4, -0.2) is 6.10 Å². The van der Waals surface area contributed by atoms with E-state index in [1.807, 2.05) is 0 Å². The normalized spacial score (nSPS) is 24.9. The largest absolute Gasteiger partial charge is 0.490 e. The lowest BCUT2D eigenvalue weighted by Gasteiger charge is -2.33. The van der Waals surface area contributed by atoms with Gasteiger partial charge in [0.15, 0.2) is 0 Å². The third-order valence-electron chi connectivity index (χ3n) is 3.51. The number of hydrogen-bond acceptors (Lipinski definition) is 2. The molecule has 1 aromatic rings. The van der Waals surface area contributed by atoms with Crippen LogP contribution < -0.4 is 10.5 Å². The van der Waals surface area contributed by atoms with Crippen molar-refractivity contribution in [2.24, 2.45) is 11.7 Å². The van der Waals surface area contributed by atoms with Crippen LogP contribution in [0.5, 0.6) is 5.75 Å². The van der Waals surface area contributed by atoms with Gasteiger partial charge in [0.25, 0.3) is 0 Å². The van der Waals surface area contributed by atoms with E-state index in [1.165, 1.54) is 12.1 Å². The summed E-state index contributed by atoms with van der Waals surface area (Å²) in [6, 6.07) is 4.49. The van der Waals surface area contributed by atoms with Crippen molar-refractivity contribution >= 4 is 0 Å². The van der Waals surface area contributed by atoms with Gasteiger partial charge in [-0.2, -0.15) is 0 Å². The third-order valence-corrected chi connectivity index (χ3v) is 3.51. The summed E-state index contributed by atoms with van der Waals surface area (Å²) in [5, 5.41) is 0. The van der Waals surface area contributed by atoms with Crippen molar-refractivity contribution in [3.63, 3.8) is 0 Å². The van der Waals surface area contributed by atoms with E-state index in [1.54, 1.807) is 6.07 Å². The number of halogens is 1. The van der Waals surface area contributed by atoms with Crippen LogP contribution in [0, 0.1) is 11.7 Å². The molecule has 0 saturated heterocycles. The molecular formula is C14H20FNO. The molecule has 94 valence electrons. The molecule has 1 aliphatic heterocycles. The molecule has 0 saturated carbocycles. The number of benzene rings is 1. The summed E-state index contributed by atoms with van der Waals surface area (Å²) >= 11 is 0. The van der Waals surface area contributed by atoms with Gasteiger partial charge in [0, 0.05) is 18.0 Å². The molecule has 0 aliphatic carbocycles. The van der Waals surface area contributed by atoms with E-state index in [2.05, 4.69) is 13.8 Å². The zero-order chi connectivity index (χ0) is 12.4. The second-order valence-electron chi connectivity index (χ2n) is 4.95. The van der Waals surface area contributed by atoms with Crippen LogP contribution in [0.3, 0.4) is 0 Å². The first kappa shape index (κ1) is 12.4. The second kappa shape index (κ2) is 5.05. The zero-order valence-corrected chi connectivity index (χ0v) is 10.4. The molecule has 17 heavy (non-hydrogen) atoms. The van der Waals surface area contributed by atoms with Gasteiger partial charge in [0.1, 0.15) is 17.7 Å². The quantitative estimate of drug-likeness (QED) is 0.874. The maximum absolute atomic E-state index is 13.1. The first-order valence-electron chi connectivity index (χ1n) is 6.33. The highest BCUT2D eigenvalue weighted by molar-refractivity contribution is 5.38. The molecule has 2 N–H and O–H groups in total. The van der Waals surface area contributed by atoms with Gasteiger partial charge in [-0.3, -0.25) is 0 Å². The maximum atomic E-state index is 13.1. The lowest BCUT2D eigenvalue weighted by atomic mass is 9.89. The summed E-state index contributed by atoms with van der Waals surface area (Å²) in [6.07, 6.45) is 3.21. The average molecular weight is 237 g/mol. The van der Waals surface area contributed by atoms with Crippen molar-refractivity contribution in [1.82, 2.24) is 0 Å². The molecule has 0 fully saturated rings. The molecule has 0 spiro atoms. The zero-order valence-electron chi connectivity index (χ0n) is 10.4. The Morgan fingerprint density at radius 2 is 2.29 bits per heavy atom. The average Bonchev–Trinajstić information content (AvgIpc) is 2.30. The Kier molecular flexibility index (Phi) is 3.67. The van der Waals surface area contributed by atoms with Crippen molar-refractivity contribution in [3.05, 3.63) is 29.6 Å². The molecule has 0 aromatic heterocycles. The Balaban J connectivity index is 2.18. The van der Waals surface area contributed by atoms with Gasteiger partial charge in [-0.15, -0.1) is 0 Å². The fourth-order valence-corrected chi connectivity index (χ4v) is 2.49. The first-order valence-corrected chi connectivity index (χ1v) is 6.33. The van der Waals surface area contributed by atoms with E-state index in [-0.39, 0.29) is 18.0 Å². The number of nitrogens with two attached hydrogens (primary N) is 1. The second-order valence-corrected chi connectivity index (χ2v) is 4.95. The highest BCUT2D eigenvalue weighted by Crippen LogP contribution is 2.36. The predicted octanol–water partition coefficient (Wildman–Crippen LogP) is 3.41. The Morgan fingerprint density at radius 1 is 1.53 bits per heavy atom. The van der Waals surface area contributed by atoms with Crippen LogP contribution in [0.15, 0.2) is 18.2 Å². The summed E-state index contributed by atoms with van der Waals surface area (Å²) in [5.41, 5.74) is 6.89. The molecule has 0 bridgehead atoms. The smallest absolute Gasteiger partial charge is 0.124 e. The molecular weight excluding hydrogens is 217 g/mol. The van der Waals surface area contributed by atoms with Crippen LogP contribution in [0.4, 0.5) is 4.39 Å². The topological polar surface area (TPSA) is 35.2 Å². The fraction of sp³-hybridized carbons (Fsp3) is 0.571. The van der Waals surface area contributed by atoms with Crippen molar-refractivity contribution in [3.8, 4) is 5.75 Å². The minimum absolute atomic E-state index is 0.112. The molecule has 3 atom stereocenters. The van der Waals surface area contributed by atoms with Gasteiger partial charge in [-0.1, -0.05) is 20.3 Å². The highest BCUT2D eigenvalue weighted by atomic mass is 19.1. The summed E-state index contributed by atoms with van der Waals surface area (Å²) in [7, 11) is 0. The van der Waals surface area contributed by atoms with Crippen LogP contribution in [-0.2, 0) is 0 Å². The molecule has 1 aromatic carbocycles. The van der Waals surface area contributed by atoms with Crippen LogP contribution >= 0.6 is 0 Å². The predicted molar refractivity (Wildman–Crippen MR) is 66.4 cm³/mol. The van der Waals surface area contributed by atoms with Gasteiger partial charge in [-0.05, 0) is 30.5 Å². The van der Waals surface area contributed by atoms with E-state index >= 15 is 0 Å². The number of rotatable bonds is 3. The van der Waals surface area contributed by atoms with E-state index < -0.39 is 0 Å². The Labute approximate surface area is 102 Å². The molecule has 2 nitrogen and oxygen atoms in total. The summed E-state index contributed by atoms with van der Waals surface area (Å²) in [4.78, 5) is 0. The molecule has 1 heterocycles. The van der Waals surface area contributed by atoms with E-state index in [9.17, 15) is 4.39 Å². The Hall–Kier alpha value is -1.09. The highest BCUT2D eigenvalue weighted by Gasteiger charge is 2.29. The van der Waals surface area contributed by atoms with Crippen molar-refractivity contribution < 1.29 is 9.13 Å². The molecule has 2 rings (SSSR count). The number of ether oxygens (including phenoxy) is 1.